The molecule has 0 amide bonds. The molecule has 1 aromatic carbocycles. The molecule has 0 saturated heterocycles. The van der Waals surface area contributed by atoms with Crippen LogP contribution in [0.25, 0.3) is 0 Å². The van der Waals surface area contributed by atoms with Gasteiger partial charge in [-0.2, -0.15) is 0 Å². The number of hydrogen-bond acceptors (Lipinski definition) is 2. The van der Waals surface area contributed by atoms with Crippen LogP contribution in [0, 0.1) is 11.8 Å². The van der Waals surface area contributed by atoms with Gasteiger partial charge in [-0.1, -0.05) is 37.3 Å². The SMILES string of the molecule is C[C@H](C(=O)O)[C@@H](Cc1ccccc1)C(=O)O. The van der Waals surface area contributed by atoms with E-state index in [1.54, 1.807) is 24.3 Å². The summed E-state index contributed by atoms with van der Waals surface area (Å²) in [6, 6.07) is 9.04. The van der Waals surface area contributed by atoms with Gasteiger partial charge in [-0.3, -0.25) is 9.59 Å². The lowest BCUT2D eigenvalue weighted by atomic mass is 9.88. The van der Waals surface area contributed by atoms with Gasteiger partial charge in [0.15, 0.2) is 0 Å². The maximum absolute atomic E-state index is 11.0. The smallest absolute Gasteiger partial charge is 0.307 e. The van der Waals surface area contributed by atoms with Gasteiger partial charge in [0.2, 0.25) is 0 Å². The van der Waals surface area contributed by atoms with Crippen molar-refractivity contribution in [2.45, 2.75) is 13.3 Å². The summed E-state index contributed by atoms with van der Waals surface area (Å²) >= 11 is 0. The van der Waals surface area contributed by atoms with E-state index in [-0.39, 0.29) is 6.42 Å². The summed E-state index contributed by atoms with van der Waals surface area (Å²) in [5, 5.41) is 17.8. The lowest BCUT2D eigenvalue weighted by Crippen LogP contribution is -2.29. The number of carboxylic acid groups (broad SMARTS) is 2. The number of hydrogen-bond donors (Lipinski definition) is 2. The van der Waals surface area contributed by atoms with Gasteiger partial charge >= 0.3 is 11.9 Å². The number of aliphatic carboxylic acids is 2. The van der Waals surface area contributed by atoms with Crippen molar-refractivity contribution in [2.75, 3.05) is 0 Å². The fourth-order valence-corrected chi connectivity index (χ4v) is 1.52. The van der Waals surface area contributed by atoms with Crippen LogP contribution in [-0.2, 0) is 16.0 Å². The molecule has 2 atom stereocenters. The molecule has 0 radical (unpaired) electrons. The first-order valence-corrected chi connectivity index (χ1v) is 5.02. The number of carboxylic acids is 2. The molecule has 0 aromatic heterocycles. The number of rotatable bonds is 5. The van der Waals surface area contributed by atoms with Crippen molar-refractivity contribution in [1.82, 2.24) is 0 Å². The summed E-state index contributed by atoms with van der Waals surface area (Å²) in [5.41, 5.74) is 0.836. The van der Waals surface area contributed by atoms with E-state index in [1.165, 1.54) is 6.92 Å². The molecule has 0 spiro atoms. The minimum Gasteiger partial charge on any atom is -0.481 e. The average Bonchev–Trinajstić information content (AvgIpc) is 2.26. The van der Waals surface area contributed by atoms with Crippen molar-refractivity contribution < 1.29 is 19.8 Å². The lowest BCUT2D eigenvalue weighted by Gasteiger charge is -2.16. The molecule has 0 aliphatic carbocycles. The van der Waals surface area contributed by atoms with Crippen LogP contribution in [-0.4, -0.2) is 22.2 Å². The van der Waals surface area contributed by atoms with Crippen LogP contribution in [0.3, 0.4) is 0 Å². The zero-order chi connectivity index (χ0) is 12.1. The molecule has 0 aliphatic rings. The van der Waals surface area contributed by atoms with Crippen LogP contribution in [0.5, 0.6) is 0 Å². The highest BCUT2D eigenvalue weighted by Gasteiger charge is 2.29. The number of benzene rings is 1. The van der Waals surface area contributed by atoms with Gasteiger partial charge in [-0.15, -0.1) is 0 Å². The Hall–Kier alpha value is -1.84. The summed E-state index contributed by atoms with van der Waals surface area (Å²) in [4.78, 5) is 21.8. The Labute approximate surface area is 93.5 Å². The molecule has 0 unspecified atom stereocenters. The van der Waals surface area contributed by atoms with E-state index in [0.29, 0.717) is 0 Å². The molecule has 16 heavy (non-hydrogen) atoms. The Morgan fingerprint density at radius 3 is 2.12 bits per heavy atom. The van der Waals surface area contributed by atoms with Gasteiger partial charge in [0.05, 0.1) is 11.8 Å². The maximum atomic E-state index is 11.0. The Morgan fingerprint density at radius 2 is 1.69 bits per heavy atom. The second kappa shape index (κ2) is 5.30. The van der Waals surface area contributed by atoms with Crippen LogP contribution in [0.2, 0.25) is 0 Å². The van der Waals surface area contributed by atoms with Gasteiger partial charge in [-0.05, 0) is 12.0 Å². The molecule has 1 aromatic rings. The van der Waals surface area contributed by atoms with E-state index in [4.69, 9.17) is 10.2 Å². The maximum Gasteiger partial charge on any atom is 0.307 e. The second-order valence-corrected chi connectivity index (χ2v) is 3.76. The summed E-state index contributed by atoms with van der Waals surface area (Å²) in [7, 11) is 0. The van der Waals surface area contributed by atoms with Crippen LogP contribution < -0.4 is 0 Å². The van der Waals surface area contributed by atoms with Crippen LogP contribution in [0.4, 0.5) is 0 Å². The molecule has 0 aliphatic heterocycles. The van der Waals surface area contributed by atoms with Crippen molar-refractivity contribution >= 4 is 11.9 Å². The monoisotopic (exact) mass is 222 g/mol. The number of carbonyl (C=O) groups is 2. The van der Waals surface area contributed by atoms with E-state index in [1.807, 2.05) is 6.07 Å². The Kier molecular flexibility index (Phi) is 4.05. The molecule has 0 saturated carbocycles. The molecule has 0 heterocycles. The summed E-state index contributed by atoms with van der Waals surface area (Å²) in [5.74, 6) is -3.93. The first-order chi connectivity index (χ1) is 7.52. The quantitative estimate of drug-likeness (QED) is 0.794. The van der Waals surface area contributed by atoms with Crippen molar-refractivity contribution in [1.29, 1.82) is 0 Å². The Morgan fingerprint density at radius 1 is 1.12 bits per heavy atom. The van der Waals surface area contributed by atoms with Gasteiger partial charge in [0.25, 0.3) is 0 Å². The first kappa shape index (κ1) is 12.2. The first-order valence-electron chi connectivity index (χ1n) is 5.02. The fraction of sp³-hybridized carbons (Fsp3) is 0.333. The third kappa shape index (κ3) is 3.08. The van der Waals surface area contributed by atoms with Gasteiger partial charge in [-0.25, -0.2) is 0 Å². The van der Waals surface area contributed by atoms with E-state index in [0.717, 1.165) is 5.56 Å². The van der Waals surface area contributed by atoms with E-state index >= 15 is 0 Å². The molecular formula is C12H14O4. The van der Waals surface area contributed by atoms with Crippen LogP contribution in [0.15, 0.2) is 30.3 Å². The standard InChI is InChI=1S/C12H14O4/c1-8(11(13)14)10(12(15)16)7-9-5-3-2-4-6-9/h2-6,8,10H,7H2,1H3,(H,13,14)(H,15,16)/t8-,10+/m0/s1. The van der Waals surface area contributed by atoms with E-state index in [9.17, 15) is 9.59 Å². The fourth-order valence-electron chi connectivity index (χ4n) is 1.52. The second-order valence-electron chi connectivity index (χ2n) is 3.76. The highest BCUT2D eigenvalue weighted by Crippen LogP contribution is 2.18. The zero-order valence-corrected chi connectivity index (χ0v) is 8.96. The minimum atomic E-state index is -1.08. The Balaban J connectivity index is 2.81. The molecule has 1 rings (SSSR count). The third-order valence-corrected chi connectivity index (χ3v) is 2.61. The van der Waals surface area contributed by atoms with Crippen molar-refractivity contribution in [2.24, 2.45) is 11.8 Å². The lowest BCUT2D eigenvalue weighted by molar-refractivity contribution is -0.152. The predicted molar refractivity (Wildman–Crippen MR) is 58.1 cm³/mol. The van der Waals surface area contributed by atoms with Crippen LogP contribution in [0.1, 0.15) is 12.5 Å². The molecule has 4 heteroatoms. The largest absolute Gasteiger partial charge is 0.481 e. The van der Waals surface area contributed by atoms with Crippen molar-refractivity contribution in [3.05, 3.63) is 35.9 Å². The summed E-state index contributed by atoms with van der Waals surface area (Å²) in [6.45, 7) is 1.42. The highest BCUT2D eigenvalue weighted by atomic mass is 16.4. The van der Waals surface area contributed by atoms with Gasteiger partial charge in [0.1, 0.15) is 0 Å². The normalized spacial score (nSPS) is 14.1. The molecule has 86 valence electrons. The molecular weight excluding hydrogens is 208 g/mol. The third-order valence-electron chi connectivity index (χ3n) is 2.61. The highest BCUT2D eigenvalue weighted by molar-refractivity contribution is 5.79. The van der Waals surface area contributed by atoms with Crippen LogP contribution >= 0.6 is 0 Å². The molecule has 0 bridgehead atoms. The molecule has 4 nitrogen and oxygen atoms in total. The predicted octanol–water partition coefficient (Wildman–Crippen LogP) is 1.65. The minimum absolute atomic E-state index is 0.240. The van der Waals surface area contributed by atoms with Crippen molar-refractivity contribution in [3.63, 3.8) is 0 Å². The zero-order valence-electron chi connectivity index (χ0n) is 8.96. The van der Waals surface area contributed by atoms with Gasteiger partial charge in [0, 0.05) is 0 Å². The molecule has 2 N–H and O–H groups in total. The summed E-state index contributed by atoms with van der Waals surface area (Å²) in [6.07, 6.45) is 0.240. The van der Waals surface area contributed by atoms with Crippen molar-refractivity contribution in [3.8, 4) is 0 Å². The topological polar surface area (TPSA) is 74.6 Å². The molecule has 0 fully saturated rings. The van der Waals surface area contributed by atoms with E-state index < -0.39 is 23.8 Å². The average molecular weight is 222 g/mol. The van der Waals surface area contributed by atoms with Gasteiger partial charge < -0.3 is 10.2 Å². The Bertz CT molecular complexity index is 372. The van der Waals surface area contributed by atoms with E-state index in [2.05, 4.69) is 0 Å². The summed E-state index contributed by atoms with van der Waals surface area (Å²) < 4.78 is 0.